The van der Waals surface area contributed by atoms with Gasteiger partial charge in [-0.3, -0.25) is 0 Å². The van der Waals surface area contributed by atoms with E-state index in [0.717, 1.165) is 25.9 Å². The van der Waals surface area contributed by atoms with Crippen LogP contribution in [0.2, 0.25) is 0 Å². The van der Waals surface area contributed by atoms with Gasteiger partial charge < -0.3 is 19.9 Å². The predicted molar refractivity (Wildman–Crippen MR) is 61.0 cm³/mol. The molecule has 2 N–H and O–H groups in total. The SMILES string of the molecule is CCCC(N)CCOCCOCCOC. The molecule has 0 aromatic heterocycles. The van der Waals surface area contributed by atoms with E-state index in [2.05, 4.69) is 6.92 Å². The maximum absolute atomic E-state index is 5.84. The minimum absolute atomic E-state index is 0.282. The fourth-order valence-electron chi connectivity index (χ4n) is 1.21. The van der Waals surface area contributed by atoms with Gasteiger partial charge in [0.05, 0.1) is 26.4 Å². The molecule has 0 fully saturated rings. The van der Waals surface area contributed by atoms with Gasteiger partial charge in [0.15, 0.2) is 0 Å². The molecule has 4 nitrogen and oxygen atoms in total. The predicted octanol–water partition coefficient (Wildman–Crippen LogP) is 1.18. The summed E-state index contributed by atoms with van der Waals surface area (Å²) in [5.41, 5.74) is 5.84. The molecule has 0 aromatic rings. The number of hydrogen-bond acceptors (Lipinski definition) is 4. The lowest BCUT2D eigenvalue weighted by Gasteiger charge is -2.10. The second-order valence-electron chi connectivity index (χ2n) is 3.55. The Morgan fingerprint density at radius 3 is 2.13 bits per heavy atom. The molecular formula is C11H25NO3. The Hall–Kier alpha value is -0.160. The van der Waals surface area contributed by atoms with Crippen LogP contribution in [-0.4, -0.2) is 46.2 Å². The molecule has 0 aliphatic rings. The van der Waals surface area contributed by atoms with Gasteiger partial charge in [0.2, 0.25) is 0 Å². The third-order valence-corrected chi connectivity index (χ3v) is 2.10. The van der Waals surface area contributed by atoms with E-state index in [1.54, 1.807) is 7.11 Å². The van der Waals surface area contributed by atoms with Gasteiger partial charge in [-0.2, -0.15) is 0 Å². The zero-order chi connectivity index (χ0) is 11.4. The molecule has 0 heterocycles. The number of rotatable bonds is 11. The Morgan fingerprint density at radius 2 is 1.53 bits per heavy atom. The van der Waals surface area contributed by atoms with Crippen LogP contribution in [0.3, 0.4) is 0 Å². The lowest BCUT2D eigenvalue weighted by atomic mass is 10.1. The molecule has 0 aromatic carbocycles. The van der Waals surface area contributed by atoms with Crippen LogP contribution in [0.1, 0.15) is 26.2 Å². The first-order valence-corrected chi connectivity index (χ1v) is 5.71. The molecule has 1 atom stereocenters. The Morgan fingerprint density at radius 1 is 0.933 bits per heavy atom. The van der Waals surface area contributed by atoms with Crippen molar-refractivity contribution in [2.45, 2.75) is 32.2 Å². The minimum atomic E-state index is 0.282. The molecule has 0 radical (unpaired) electrons. The van der Waals surface area contributed by atoms with Crippen molar-refractivity contribution in [2.24, 2.45) is 5.73 Å². The van der Waals surface area contributed by atoms with E-state index in [9.17, 15) is 0 Å². The molecule has 0 spiro atoms. The normalized spacial score (nSPS) is 13.0. The molecular weight excluding hydrogens is 194 g/mol. The van der Waals surface area contributed by atoms with Crippen molar-refractivity contribution in [3.63, 3.8) is 0 Å². The lowest BCUT2D eigenvalue weighted by Crippen LogP contribution is -2.22. The first-order chi connectivity index (χ1) is 7.31. The van der Waals surface area contributed by atoms with Crippen LogP contribution in [-0.2, 0) is 14.2 Å². The smallest absolute Gasteiger partial charge is 0.0701 e. The summed E-state index contributed by atoms with van der Waals surface area (Å²) in [5.74, 6) is 0. The van der Waals surface area contributed by atoms with E-state index in [-0.39, 0.29) is 6.04 Å². The molecule has 92 valence electrons. The molecule has 0 bridgehead atoms. The summed E-state index contributed by atoms with van der Waals surface area (Å²) >= 11 is 0. The quantitative estimate of drug-likeness (QED) is 0.530. The summed E-state index contributed by atoms with van der Waals surface area (Å²) in [4.78, 5) is 0. The molecule has 0 saturated heterocycles. The molecule has 0 aliphatic carbocycles. The maximum atomic E-state index is 5.84. The van der Waals surface area contributed by atoms with Crippen LogP contribution in [0.5, 0.6) is 0 Å². The average molecular weight is 219 g/mol. The van der Waals surface area contributed by atoms with Gasteiger partial charge in [0.1, 0.15) is 0 Å². The Balaban J connectivity index is 2.98. The van der Waals surface area contributed by atoms with E-state index >= 15 is 0 Å². The monoisotopic (exact) mass is 219 g/mol. The lowest BCUT2D eigenvalue weighted by molar-refractivity contribution is 0.0232. The van der Waals surface area contributed by atoms with Crippen molar-refractivity contribution in [1.82, 2.24) is 0 Å². The van der Waals surface area contributed by atoms with Gasteiger partial charge in [0, 0.05) is 19.8 Å². The van der Waals surface area contributed by atoms with Gasteiger partial charge in [-0.25, -0.2) is 0 Å². The molecule has 0 rings (SSSR count). The highest BCUT2D eigenvalue weighted by Gasteiger charge is 1.99. The summed E-state index contributed by atoms with van der Waals surface area (Å²) < 4.78 is 15.5. The number of hydrogen-bond donors (Lipinski definition) is 1. The van der Waals surface area contributed by atoms with Crippen molar-refractivity contribution >= 4 is 0 Å². The largest absolute Gasteiger partial charge is 0.382 e. The van der Waals surface area contributed by atoms with Gasteiger partial charge in [-0.05, 0) is 12.8 Å². The van der Waals surface area contributed by atoms with Crippen LogP contribution in [0.4, 0.5) is 0 Å². The first-order valence-electron chi connectivity index (χ1n) is 5.71. The summed E-state index contributed by atoms with van der Waals surface area (Å²) in [6.07, 6.45) is 3.15. The van der Waals surface area contributed by atoms with E-state index < -0.39 is 0 Å². The number of methoxy groups -OCH3 is 1. The van der Waals surface area contributed by atoms with E-state index in [4.69, 9.17) is 19.9 Å². The highest BCUT2D eigenvalue weighted by atomic mass is 16.5. The van der Waals surface area contributed by atoms with Crippen LogP contribution >= 0.6 is 0 Å². The third-order valence-electron chi connectivity index (χ3n) is 2.10. The Bertz CT molecular complexity index is 122. The number of nitrogens with two attached hydrogens (primary N) is 1. The summed E-state index contributed by atoms with van der Waals surface area (Å²) in [6.45, 7) is 5.42. The van der Waals surface area contributed by atoms with Gasteiger partial charge in [0.25, 0.3) is 0 Å². The fourth-order valence-corrected chi connectivity index (χ4v) is 1.21. The number of ether oxygens (including phenoxy) is 3. The highest BCUT2D eigenvalue weighted by Crippen LogP contribution is 1.98. The third kappa shape index (κ3) is 11.8. The Labute approximate surface area is 93.1 Å². The second kappa shape index (κ2) is 11.9. The van der Waals surface area contributed by atoms with Crippen LogP contribution in [0.25, 0.3) is 0 Å². The summed E-state index contributed by atoms with van der Waals surface area (Å²) in [6, 6.07) is 0.282. The van der Waals surface area contributed by atoms with Crippen LogP contribution in [0.15, 0.2) is 0 Å². The van der Waals surface area contributed by atoms with E-state index in [0.29, 0.717) is 26.4 Å². The van der Waals surface area contributed by atoms with Crippen LogP contribution < -0.4 is 5.73 Å². The van der Waals surface area contributed by atoms with E-state index in [1.807, 2.05) is 0 Å². The van der Waals surface area contributed by atoms with Gasteiger partial charge in [-0.15, -0.1) is 0 Å². The molecule has 0 saturated carbocycles. The summed E-state index contributed by atoms with van der Waals surface area (Å²) in [7, 11) is 1.66. The Kier molecular flexibility index (Phi) is 11.8. The average Bonchev–Trinajstić information content (AvgIpc) is 2.22. The fraction of sp³-hybridized carbons (Fsp3) is 1.00. The van der Waals surface area contributed by atoms with Crippen molar-refractivity contribution < 1.29 is 14.2 Å². The molecule has 1 unspecified atom stereocenters. The molecule has 0 aliphatic heterocycles. The first kappa shape index (κ1) is 14.8. The highest BCUT2D eigenvalue weighted by molar-refractivity contribution is 4.58. The standard InChI is InChI=1S/C11H25NO3/c1-3-4-11(12)5-6-14-9-10-15-8-7-13-2/h11H,3-10,12H2,1-2H3. The van der Waals surface area contributed by atoms with E-state index in [1.165, 1.54) is 0 Å². The topological polar surface area (TPSA) is 53.7 Å². The molecule has 0 amide bonds. The minimum Gasteiger partial charge on any atom is -0.382 e. The van der Waals surface area contributed by atoms with Crippen molar-refractivity contribution in [3.8, 4) is 0 Å². The van der Waals surface area contributed by atoms with Gasteiger partial charge in [-0.1, -0.05) is 13.3 Å². The second-order valence-corrected chi connectivity index (χ2v) is 3.55. The van der Waals surface area contributed by atoms with Crippen molar-refractivity contribution in [3.05, 3.63) is 0 Å². The summed E-state index contributed by atoms with van der Waals surface area (Å²) in [5, 5.41) is 0. The van der Waals surface area contributed by atoms with Crippen molar-refractivity contribution in [2.75, 3.05) is 40.1 Å². The zero-order valence-corrected chi connectivity index (χ0v) is 10.0. The maximum Gasteiger partial charge on any atom is 0.0701 e. The zero-order valence-electron chi connectivity index (χ0n) is 10.0. The van der Waals surface area contributed by atoms with Crippen LogP contribution in [0, 0.1) is 0 Å². The van der Waals surface area contributed by atoms with Crippen molar-refractivity contribution in [1.29, 1.82) is 0 Å². The molecule has 15 heavy (non-hydrogen) atoms. The molecule has 4 heteroatoms. The van der Waals surface area contributed by atoms with Gasteiger partial charge >= 0.3 is 0 Å².